The lowest BCUT2D eigenvalue weighted by Crippen LogP contribution is -2.41. The van der Waals surface area contributed by atoms with Gasteiger partial charge >= 0.3 is 0 Å². The van der Waals surface area contributed by atoms with Crippen LogP contribution in [0.15, 0.2) is 17.1 Å². The molecule has 0 radical (unpaired) electrons. The van der Waals surface area contributed by atoms with Crippen molar-refractivity contribution in [3.8, 4) is 0 Å². The number of nitro groups is 1. The number of aliphatic hydroxyl groups is 1. The minimum Gasteiger partial charge on any atom is -0.388 e. The maximum absolute atomic E-state index is 11.8. The summed E-state index contributed by atoms with van der Waals surface area (Å²) >= 11 is 0. The highest BCUT2D eigenvalue weighted by molar-refractivity contribution is 5.94. The number of aromatic nitrogens is 1. The summed E-state index contributed by atoms with van der Waals surface area (Å²) in [6.45, 7) is 3.41. The third kappa shape index (κ3) is 4.16. The summed E-state index contributed by atoms with van der Waals surface area (Å²) in [5, 5.41) is 22.9. The van der Waals surface area contributed by atoms with Gasteiger partial charge in [0.15, 0.2) is 0 Å². The molecule has 1 aromatic heterocycles. The van der Waals surface area contributed by atoms with Gasteiger partial charge in [-0.25, -0.2) is 0 Å². The fourth-order valence-electron chi connectivity index (χ4n) is 1.74. The van der Waals surface area contributed by atoms with E-state index in [1.54, 1.807) is 6.92 Å². The Hall–Kier alpha value is -2.22. The molecular formula is C12H17N3O5. The molecule has 8 heteroatoms. The average molecular weight is 283 g/mol. The van der Waals surface area contributed by atoms with E-state index in [0.717, 1.165) is 18.7 Å². The number of carbonyl (C=O) groups is 1. The van der Waals surface area contributed by atoms with Crippen LogP contribution in [0.1, 0.15) is 37.0 Å². The first-order chi connectivity index (χ1) is 9.26. The van der Waals surface area contributed by atoms with Crippen molar-refractivity contribution in [3.05, 3.63) is 38.3 Å². The molecule has 1 amide bonds. The van der Waals surface area contributed by atoms with Crippen LogP contribution in [-0.4, -0.2) is 33.1 Å². The molecule has 0 saturated carbocycles. The van der Waals surface area contributed by atoms with E-state index in [9.17, 15) is 24.8 Å². The number of pyridine rings is 1. The number of hydrogen-bond donors (Lipinski definition) is 3. The van der Waals surface area contributed by atoms with Gasteiger partial charge in [0.1, 0.15) is 5.56 Å². The predicted molar refractivity (Wildman–Crippen MR) is 71.6 cm³/mol. The first-order valence-corrected chi connectivity index (χ1v) is 6.14. The SMILES string of the molecule is CCCC(C)(O)CNC(=O)c1cc([N+](=O)[O-])c[nH]c1=O. The number of nitrogens with one attached hydrogen (secondary N) is 2. The Morgan fingerprint density at radius 3 is 2.80 bits per heavy atom. The van der Waals surface area contributed by atoms with E-state index in [4.69, 9.17) is 0 Å². The van der Waals surface area contributed by atoms with Crippen LogP contribution in [0, 0.1) is 10.1 Å². The second kappa shape index (κ2) is 6.29. The molecule has 0 bridgehead atoms. The molecule has 1 aromatic rings. The Labute approximate surface area is 115 Å². The number of rotatable bonds is 6. The van der Waals surface area contributed by atoms with Crippen LogP contribution in [0.2, 0.25) is 0 Å². The summed E-state index contributed by atoms with van der Waals surface area (Å²) in [4.78, 5) is 35.3. The highest BCUT2D eigenvalue weighted by atomic mass is 16.6. The Bertz CT molecular complexity index is 564. The molecule has 0 aliphatic carbocycles. The van der Waals surface area contributed by atoms with Crippen LogP contribution >= 0.6 is 0 Å². The minimum absolute atomic E-state index is 0.0399. The van der Waals surface area contributed by atoms with Crippen LogP contribution < -0.4 is 10.9 Å². The van der Waals surface area contributed by atoms with Gasteiger partial charge in [-0.15, -0.1) is 0 Å². The predicted octanol–water partition coefficient (Wildman–Crippen LogP) is 0.564. The summed E-state index contributed by atoms with van der Waals surface area (Å²) in [7, 11) is 0. The normalized spacial score (nSPS) is 13.6. The maximum Gasteiger partial charge on any atom is 0.286 e. The standard InChI is InChI=1S/C12H17N3O5/c1-3-4-12(2,18)7-14-11(17)9-5-8(15(19)20)6-13-10(9)16/h5-6,18H,3-4,7H2,1-2H3,(H,13,16)(H,14,17). The van der Waals surface area contributed by atoms with Crippen molar-refractivity contribution in [2.45, 2.75) is 32.3 Å². The van der Waals surface area contributed by atoms with Crippen LogP contribution in [0.3, 0.4) is 0 Å². The van der Waals surface area contributed by atoms with Gasteiger partial charge in [0.25, 0.3) is 17.2 Å². The zero-order valence-electron chi connectivity index (χ0n) is 11.3. The van der Waals surface area contributed by atoms with Crippen LogP contribution in [0.5, 0.6) is 0 Å². The Morgan fingerprint density at radius 1 is 1.60 bits per heavy atom. The number of carbonyl (C=O) groups excluding carboxylic acids is 1. The van der Waals surface area contributed by atoms with E-state index >= 15 is 0 Å². The molecule has 1 atom stereocenters. The van der Waals surface area contributed by atoms with Crippen molar-refractivity contribution >= 4 is 11.6 Å². The molecule has 3 N–H and O–H groups in total. The van der Waals surface area contributed by atoms with Gasteiger partial charge in [0.2, 0.25) is 0 Å². The number of aromatic amines is 1. The number of hydrogen-bond acceptors (Lipinski definition) is 5. The average Bonchev–Trinajstić information content (AvgIpc) is 2.36. The molecule has 0 aliphatic rings. The highest BCUT2D eigenvalue weighted by Gasteiger charge is 2.22. The second-order valence-electron chi connectivity index (χ2n) is 4.79. The van der Waals surface area contributed by atoms with Crippen molar-refractivity contribution in [3.63, 3.8) is 0 Å². The largest absolute Gasteiger partial charge is 0.388 e. The molecular weight excluding hydrogens is 266 g/mol. The van der Waals surface area contributed by atoms with Crippen molar-refractivity contribution in [1.29, 1.82) is 0 Å². The van der Waals surface area contributed by atoms with Gasteiger partial charge < -0.3 is 15.4 Å². The second-order valence-corrected chi connectivity index (χ2v) is 4.79. The third-order valence-electron chi connectivity index (χ3n) is 2.76. The van der Waals surface area contributed by atoms with Crippen LogP contribution in [-0.2, 0) is 0 Å². The lowest BCUT2D eigenvalue weighted by molar-refractivity contribution is -0.385. The molecule has 1 heterocycles. The molecule has 8 nitrogen and oxygen atoms in total. The molecule has 0 spiro atoms. The Balaban J connectivity index is 2.85. The molecule has 0 saturated heterocycles. The fourth-order valence-corrected chi connectivity index (χ4v) is 1.74. The number of nitrogens with zero attached hydrogens (tertiary/aromatic N) is 1. The first kappa shape index (κ1) is 15.8. The molecule has 0 aliphatic heterocycles. The number of H-pyrrole nitrogens is 1. The van der Waals surface area contributed by atoms with E-state index in [-0.39, 0.29) is 17.8 Å². The maximum atomic E-state index is 11.8. The van der Waals surface area contributed by atoms with Crippen LogP contribution in [0.4, 0.5) is 5.69 Å². The number of amides is 1. The first-order valence-electron chi connectivity index (χ1n) is 6.14. The molecule has 110 valence electrons. The molecule has 0 fully saturated rings. The summed E-state index contributed by atoms with van der Waals surface area (Å²) in [5.41, 5.74) is -2.54. The van der Waals surface area contributed by atoms with E-state index in [1.807, 2.05) is 6.92 Å². The van der Waals surface area contributed by atoms with E-state index in [0.29, 0.717) is 6.42 Å². The van der Waals surface area contributed by atoms with Gasteiger partial charge in [-0.05, 0) is 13.3 Å². The van der Waals surface area contributed by atoms with Crippen molar-refractivity contribution < 1.29 is 14.8 Å². The Morgan fingerprint density at radius 2 is 2.25 bits per heavy atom. The van der Waals surface area contributed by atoms with Gasteiger partial charge in [-0.3, -0.25) is 19.7 Å². The smallest absolute Gasteiger partial charge is 0.286 e. The van der Waals surface area contributed by atoms with E-state index < -0.39 is 22.0 Å². The summed E-state index contributed by atoms with van der Waals surface area (Å²) in [5.74, 6) is -0.758. The summed E-state index contributed by atoms with van der Waals surface area (Å²) in [6.07, 6.45) is 2.14. The van der Waals surface area contributed by atoms with Crippen molar-refractivity contribution in [2.24, 2.45) is 0 Å². The molecule has 1 rings (SSSR count). The van der Waals surface area contributed by atoms with Gasteiger partial charge in [0.05, 0.1) is 16.7 Å². The van der Waals surface area contributed by atoms with Gasteiger partial charge in [-0.1, -0.05) is 13.3 Å². The van der Waals surface area contributed by atoms with Crippen molar-refractivity contribution in [2.75, 3.05) is 6.54 Å². The third-order valence-corrected chi connectivity index (χ3v) is 2.76. The van der Waals surface area contributed by atoms with E-state index in [2.05, 4.69) is 10.3 Å². The highest BCUT2D eigenvalue weighted by Crippen LogP contribution is 2.11. The molecule has 1 unspecified atom stereocenters. The topological polar surface area (TPSA) is 125 Å². The van der Waals surface area contributed by atoms with Crippen molar-refractivity contribution in [1.82, 2.24) is 10.3 Å². The zero-order chi connectivity index (χ0) is 15.3. The van der Waals surface area contributed by atoms with E-state index in [1.165, 1.54) is 0 Å². The van der Waals surface area contributed by atoms with Gasteiger partial charge in [0, 0.05) is 12.6 Å². The lowest BCUT2D eigenvalue weighted by atomic mass is 10.0. The monoisotopic (exact) mass is 283 g/mol. The summed E-state index contributed by atoms with van der Waals surface area (Å²) < 4.78 is 0. The zero-order valence-corrected chi connectivity index (χ0v) is 11.3. The molecule has 20 heavy (non-hydrogen) atoms. The quantitative estimate of drug-likeness (QED) is 0.519. The molecule has 0 aromatic carbocycles. The minimum atomic E-state index is -1.09. The fraction of sp³-hybridized carbons (Fsp3) is 0.500. The van der Waals surface area contributed by atoms with Crippen LogP contribution in [0.25, 0.3) is 0 Å². The Kier molecular flexibility index (Phi) is 4.98. The summed E-state index contributed by atoms with van der Waals surface area (Å²) in [6, 6.07) is 0.905. The lowest BCUT2D eigenvalue weighted by Gasteiger charge is -2.22. The van der Waals surface area contributed by atoms with Gasteiger partial charge in [-0.2, -0.15) is 0 Å².